The summed E-state index contributed by atoms with van der Waals surface area (Å²) in [4.78, 5) is 17.2. The first-order valence-electron chi connectivity index (χ1n) is 5.56. The van der Waals surface area contributed by atoms with Gasteiger partial charge < -0.3 is 9.64 Å². The van der Waals surface area contributed by atoms with Crippen LogP contribution in [-0.2, 0) is 16.1 Å². The highest BCUT2D eigenvalue weighted by molar-refractivity contribution is 6.29. The maximum Gasteiger partial charge on any atom is 0.307 e. The van der Waals surface area contributed by atoms with Gasteiger partial charge in [0.2, 0.25) is 0 Å². The van der Waals surface area contributed by atoms with Gasteiger partial charge in [-0.15, -0.1) is 0 Å². The number of carbonyl (C=O) groups excluding carboxylic acids is 1. The lowest BCUT2D eigenvalue weighted by Gasteiger charge is -2.15. The Morgan fingerprint density at radius 1 is 1.53 bits per heavy atom. The zero-order chi connectivity index (χ0) is 12.7. The number of hydrogen-bond acceptors (Lipinski definition) is 4. The van der Waals surface area contributed by atoms with E-state index >= 15 is 0 Å². The summed E-state index contributed by atoms with van der Waals surface area (Å²) in [6, 6.07) is 3.69. The Bertz CT molecular complexity index is 354. The number of carbonyl (C=O) groups is 1. The van der Waals surface area contributed by atoms with E-state index in [-0.39, 0.29) is 5.97 Å². The van der Waals surface area contributed by atoms with Crippen molar-refractivity contribution in [2.75, 3.05) is 20.2 Å². The predicted molar refractivity (Wildman–Crippen MR) is 66.8 cm³/mol. The lowest BCUT2D eigenvalue weighted by molar-refractivity contribution is -0.143. The number of pyridine rings is 1. The van der Waals surface area contributed by atoms with Gasteiger partial charge in [0.1, 0.15) is 5.15 Å². The third kappa shape index (κ3) is 5.65. The van der Waals surface area contributed by atoms with Gasteiger partial charge in [0.25, 0.3) is 0 Å². The van der Waals surface area contributed by atoms with Crippen LogP contribution < -0.4 is 0 Å². The molecule has 0 amide bonds. The Morgan fingerprint density at radius 3 is 2.88 bits per heavy atom. The number of rotatable bonds is 6. The van der Waals surface area contributed by atoms with Crippen LogP contribution >= 0.6 is 11.6 Å². The molecule has 0 saturated carbocycles. The van der Waals surface area contributed by atoms with E-state index in [9.17, 15) is 4.79 Å². The first-order valence-corrected chi connectivity index (χ1v) is 5.94. The molecule has 1 heterocycles. The lowest BCUT2D eigenvalue weighted by Crippen LogP contribution is -2.22. The van der Waals surface area contributed by atoms with Crippen molar-refractivity contribution in [3.63, 3.8) is 0 Å². The zero-order valence-electron chi connectivity index (χ0n) is 10.1. The fraction of sp³-hybridized carbons (Fsp3) is 0.500. The van der Waals surface area contributed by atoms with Crippen molar-refractivity contribution < 1.29 is 9.53 Å². The molecule has 0 aliphatic heterocycles. The topological polar surface area (TPSA) is 42.4 Å². The van der Waals surface area contributed by atoms with E-state index in [4.69, 9.17) is 16.3 Å². The summed E-state index contributed by atoms with van der Waals surface area (Å²) < 4.78 is 4.86. The monoisotopic (exact) mass is 256 g/mol. The van der Waals surface area contributed by atoms with Crippen molar-refractivity contribution in [2.24, 2.45) is 0 Å². The smallest absolute Gasteiger partial charge is 0.307 e. The molecule has 0 saturated heterocycles. The molecule has 0 N–H and O–H groups in total. The number of hydrogen-bond donors (Lipinski definition) is 0. The molecule has 4 nitrogen and oxygen atoms in total. The molecule has 1 aromatic heterocycles. The van der Waals surface area contributed by atoms with Gasteiger partial charge in [-0.3, -0.25) is 4.79 Å². The van der Waals surface area contributed by atoms with Crippen molar-refractivity contribution in [1.29, 1.82) is 0 Å². The fourth-order valence-electron chi connectivity index (χ4n) is 1.41. The van der Waals surface area contributed by atoms with Crippen LogP contribution in [0.1, 0.15) is 18.9 Å². The number of esters is 1. The molecule has 0 spiro atoms. The van der Waals surface area contributed by atoms with Crippen molar-refractivity contribution in [3.05, 3.63) is 29.0 Å². The van der Waals surface area contributed by atoms with Crippen molar-refractivity contribution in [3.8, 4) is 0 Å². The second kappa shape index (κ2) is 7.25. The minimum Gasteiger partial charge on any atom is -0.466 e. The molecule has 0 atom stereocenters. The largest absolute Gasteiger partial charge is 0.466 e. The molecular weight excluding hydrogens is 240 g/mol. The van der Waals surface area contributed by atoms with E-state index < -0.39 is 0 Å². The Morgan fingerprint density at radius 2 is 2.29 bits per heavy atom. The lowest BCUT2D eigenvalue weighted by atomic mass is 10.2. The van der Waals surface area contributed by atoms with Crippen molar-refractivity contribution in [1.82, 2.24) is 9.88 Å². The Balaban J connectivity index is 2.31. The Labute approximate surface area is 107 Å². The van der Waals surface area contributed by atoms with E-state index in [0.29, 0.717) is 24.7 Å². The molecule has 0 fully saturated rings. The standard InChI is InChI=1S/C12H17ClN2O2/c1-3-17-12(16)6-7-15(2)9-10-4-5-11(13)14-8-10/h4-5,8H,3,6-7,9H2,1-2H3. The first kappa shape index (κ1) is 13.9. The summed E-state index contributed by atoms with van der Waals surface area (Å²) in [5.41, 5.74) is 1.07. The molecule has 0 aromatic carbocycles. The molecule has 94 valence electrons. The molecule has 5 heteroatoms. The predicted octanol–water partition coefficient (Wildman–Crippen LogP) is 2.12. The summed E-state index contributed by atoms with van der Waals surface area (Å²) in [6.45, 7) is 3.65. The molecule has 1 rings (SSSR count). The van der Waals surface area contributed by atoms with Crippen LogP contribution in [0.4, 0.5) is 0 Å². The minimum absolute atomic E-state index is 0.159. The van der Waals surface area contributed by atoms with Crippen molar-refractivity contribution >= 4 is 17.6 Å². The minimum atomic E-state index is -0.159. The van der Waals surface area contributed by atoms with Gasteiger partial charge in [0.05, 0.1) is 13.0 Å². The van der Waals surface area contributed by atoms with Gasteiger partial charge in [0, 0.05) is 19.3 Å². The van der Waals surface area contributed by atoms with E-state index in [1.807, 2.05) is 18.0 Å². The maximum atomic E-state index is 11.2. The Hall–Kier alpha value is -1.13. The SMILES string of the molecule is CCOC(=O)CCN(C)Cc1ccc(Cl)nc1. The van der Waals surface area contributed by atoms with Gasteiger partial charge in [-0.2, -0.15) is 0 Å². The van der Waals surface area contributed by atoms with Gasteiger partial charge in [-0.1, -0.05) is 17.7 Å². The van der Waals surface area contributed by atoms with Crippen LogP contribution in [0.15, 0.2) is 18.3 Å². The highest BCUT2D eigenvalue weighted by atomic mass is 35.5. The van der Waals surface area contributed by atoms with Crippen LogP contribution in [0.5, 0.6) is 0 Å². The van der Waals surface area contributed by atoms with Gasteiger partial charge >= 0.3 is 5.97 Å². The Kier molecular flexibility index (Phi) is 5.94. The number of halogens is 1. The highest BCUT2D eigenvalue weighted by Gasteiger charge is 2.05. The average molecular weight is 257 g/mol. The van der Waals surface area contributed by atoms with E-state index in [0.717, 1.165) is 12.1 Å². The summed E-state index contributed by atoms with van der Waals surface area (Å²) in [6.07, 6.45) is 2.15. The fourth-order valence-corrected chi connectivity index (χ4v) is 1.52. The molecular formula is C12H17ClN2O2. The second-order valence-corrected chi connectivity index (χ2v) is 4.17. The number of ether oxygens (including phenoxy) is 1. The van der Waals surface area contributed by atoms with Crippen LogP contribution in [0.2, 0.25) is 5.15 Å². The van der Waals surface area contributed by atoms with Crippen LogP contribution in [-0.4, -0.2) is 36.1 Å². The van der Waals surface area contributed by atoms with Gasteiger partial charge in [-0.25, -0.2) is 4.98 Å². The van der Waals surface area contributed by atoms with Gasteiger partial charge in [0.15, 0.2) is 0 Å². The third-order valence-electron chi connectivity index (χ3n) is 2.24. The molecule has 0 aliphatic rings. The van der Waals surface area contributed by atoms with Crippen LogP contribution in [0.25, 0.3) is 0 Å². The normalized spacial score (nSPS) is 10.6. The second-order valence-electron chi connectivity index (χ2n) is 3.78. The summed E-state index contributed by atoms with van der Waals surface area (Å²) in [5, 5.41) is 0.489. The van der Waals surface area contributed by atoms with E-state index in [1.54, 1.807) is 19.2 Å². The zero-order valence-corrected chi connectivity index (χ0v) is 10.9. The molecule has 0 unspecified atom stereocenters. The van der Waals surface area contributed by atoms with Crippen LogP contribution in [0, 0.1) is 0 Å². The molecule has 17 heavy (non-hydrogen) atoms. The summed E-state index contributed by atoms with van der Waals surface area (Å²) in [5.74, 6) is -0.159. The quantitative estimate of drug-likeness (QED) is 0.578. The average Bonchev–Trinajstić information content (AvgIpc) is 2.30. The number of aromatic nitrogens is 1. The summed E-state index contributed by atoms with van der Waals surface area (Å²) >= 11 is 5.70. The van der Waals surface area contributed by atoms with E-state index in [2.05, 4.69) is 4.98 Å². The van der Waals surface area contributed by atoms with Gasteiger partial charge in [-0.05, 0) is 25.6 Å². The van der Waals surface area contributed by atoms with Crippen LogP contribution in [0.3, 0.4) is 0 Å². The summed E-state index contributed by atoms with van der Waals surface area (Å²) in [7, 11) is 1.95. The highest BCUT2D eigenvalue weighted by Crippen LogP contribution is 2.07. The third-order valence-corrected chi connectivity index (χ3v) is 2.47. The molecule has 0 radical (unpaired) electrons. The molecule has 0 aliphatic carbocycles. The number of nitrogens with zero attached hydrogens (tertiary/aromatic N) is 2. The van der Waals surface area contributed by atoms with E-state index in [1.165, 1.54) is 0 Å². The first-order chi connectivity index (χ1) is 8.11. The molecule has 0 bridgehead atoms. The molecule has 1 aromatic rings. The maximum absolute atomic E-state index is 11.2. The van der Waals surface area contributed by atoms with Crippen molar-refractivity contribution in [2.45, 2.75) is 19.9 Å².